The number of nitrogens with one attached hydrogen (secondary N) is 2. The van der Waals surface area contributed by atoms with Crippen molar-refractivity contribution in [1.29, 1.82) is 5.26 Å². The Morgan fingerprint density at radius 3 is 2.72 bits per heavy atom. The average Bonchev–Trinajstić information content (AvgIpc) is 2.74. The Kier molecular flexibility index (Phi) is 8.05. The fourth-order valence-corrected chi connectivity index (χ4v) is 2.62. The number of rotatable bonds is 10. The number of oxime groups is 1. The van der Waals surface area contributed by atoms with E-state index in [9.17, 15) is 28.4 Å². The van der Waals surface area contributed by atoms with Crippen LogP contribution >= 0.6 is 0 Å². The van der Waals surface area contributed by atoms with E-state index in [1.165, 1.54) is 18.2 Å². The second-order valence-electron chi connectivity index (χ2n) is 6.41. The van der Waals surface area contributed by atoms with Crippen molar-refractivity contribution in [3.63, 3.8) is 0 Å². The van der Waals surface area contributed by atoms with Crippen LogP contribution in [0.5, 0.6) is 0 Å². The first-order valence-electron chi connectivity index (χ1n) is 9.15. The number of pyridine rings is 1. The number of hydrogen-bond acceptors (Lipinski definition) is 6. The maximum Gasteiger partial charge on any atom is 0.347 e. The molecule has 0 spiro atoms. The second kappa shape index (κ2) is 10.7. The Morgan fingerprint density at radius 1 is 1.31 bits per heavy atom. The van der Waals surface area contributed by atoms with Gasteiger partial charge in [0.25, 0.3) is 5.69 Å². The summed E-state index contributed by atoms with van der Waals surface area (Å²) in [6.07, 6.45) is 0.396. The van der Waals surface area contributed by atoms with Crippen molar-refractivity contribution in [2.45, 2.75) is 12.3 Å². The molecule has 1 aromatic carbocycles. The number of aromatic nitrogens is 1. The van der Waals surface area contributed by atoms with Crippen LogP contribution in [-0.4, -0.2) is 31.6 Å². The van der Waals surface area contributed by atoms with Crippen LogP contribution in [-0.2, 0) is 22.0 Å². The minimum absolute atomic E-state index is 0.00441. The molecule has 1 heterocycles. The van der Waals surface area contributed by atoms with Gasteiger partial charge in [-0.15, -0.1) is 0 Å². The number of guanidine groups is 1. The van der Waals surface area contributed by atoms with Crippen LogP contribution in [0.3, 0.4) is 0 Å². The molecule has 0 bridgehead atoms. The zero-order valence-electron chi connectivity index (χ0n) is 16.6. The first-order chi connectivity index (χ1) is 15.2. The highest BCUT2D eigenvalue weighted by atomic mass is 19.3. The van der Waals surface area contributed by atoms with Gasteiger partial charge >= 0.3 is 5.92 Å². The number of halogens is 3. The minimum Gasteiger partial charge on any atom is -0.618 e. The van der Waals surface area contributed by atoms with Crippen LogP contribution in [0.1, 0.15) is 16.8 Å². The van der Waals surface area contributed by atoms with Gasteiger partial charge in [0.2, 0.25) is 11.9 Å². The molecule has 0 radical (unpaired) electrons. The van der Waals surface area contributed by atoms with Crippen LogP contribution in [0.15, 0.2) is 41.7 Å². The molecule has 0 aliphatic carbocycles. The summed E-state index contributed by atoms with van der Waals surface area (Å²) in [6, 6.07) is 7.58. The molecule has 6 N–H and O–H groups in total. The summed E-state index contributed by atoms with van der Waals surface area (Å²) >= 11 is 0. The monoisotopic (exact) mass is 451 g/mol. The SMILES string of the molecule is N#Cc1ccc(NCC(F)(F)c2cccc[n+]2[O-])c(F)c1CC(=O)NCCON=C(N)N. The third-order valence-corrected chi connectivity index (χ3v) is 4.09. The Balaban J connectivity index is 2.09. The third kappa shape index (κ3) is 6.39. The first kappa shape index (κ1) is 24.1. The number of alkyl halides is 2. The summed E-state index contributed by atoms with van der Waals surface area (Å²) in [6.45, 7) is -1.15. The fourth-order valence-electron chi connectivity index (χ4n) is 2.62. The van der Waals surface area contributed by atoms with Gasteiger partial charge in [-0.1, -0.05) is 0 Å². The lowest BCUT2D eigenvalue weighted by molar-refractivity contribution is -0.624. The lowest BCUT2D eigenvalue weighted by Gasteiger charge is -2.18. The zero-order chi connectivity index (χ0) is 23.7. The van der Waals surface area contributed by atoms with Crippen LogP contribution < -0.4 is 26.8 Å². The Hall–Kier alpha value is -4.21. The summed E-state index contributed by atoms with van der Waals surface area (Å²) in [5.41, 5.74) is 8.55. The Bertz CT molecular complexity index is 1040. The molecule has 10 nitrogen and oxygen atoms in total. The molecule has 0 unspecified atom stereocenters. The van der Waals surface area contributed by atoms with Crippen molar-refractivity contribution in [2.75, 3.05) is 25.0 Å². The van der Waals surface area contributed by atoms with Crippen LogP contribution in [0.4, 0.5) is 18.9 Å². The number of nitrogens with zero attached hydrogens (tertiary/aromatic N) is 3. The summed E-state index contributed by atoms with van der Waals surface area (Å²) < 4.78 is 43.7. The lowest BCUT2D eigenvalue weighted by atomic mass is 10.0. The maximum absolute atomic E-state index is 14.9. The topological polar surface area (TPSA) is 165 Å². The van der Waals surface area contributed by atoms with Gasteiger partial charge in [0.15, 0.2) is 12.0 Å². The predicted molar refractivity (Wildman–Crippen MR) is 107 cm³/mol. The predicted octanol–water partition coefficient (Wildman–Crippen LogP) is 0.398. The molecule has 32 heavy (non-hydrogen) atoms. The van der Waals surface area contributed by atoms with E-state index in [4.69, 9.17) is 11.5 Å². The number of benzene rings is 1. The zero-order valence-corrected chi connectivity index (χ0v) is 16.6. The van der Waals surface area contributed by atoms with Gasteiger partial charge in [-0.05, 0) is 23.4 Å². The molecule has 0 aliphatic heterocycles. The number of carbonyl (C=O) groups excluding carboxylic acids is 1. The van der Waals surface area contributed by atoms with Gasteiger partial charge in [0.05, 0.1) is 36.8 Å². The summed E-state index contributed by atoms with van der Waals surface area (Å²) in [5.74, 6) is -5.59. The normalized spacial score (nSPS) is 10.7. The number of anilines is 1. The Labute approximate surface area is 180 Å². The second-order valence-corrected chi connectivity index (χ2v) is 6.41. The maximum atomic E-state index is 14.9. The van der Waals surface area contributed by atoms with Crippen LogP contribution in [0, 0.1) is 22.4 Å². The average molecular weight is 451 g/mol. The smallest absolute Gasteiger partial charge is 0.347 e. The standard InChI is InChI=1S/C19H20F3N7O3/c20-17-13(9-16(30)26-6-8-32-28-18(24)25)12(10-23)4-5-14(17)27-11-19(21,22)15-3-1-2-7-29(15)31/h1-5,7,27H,6,8-9,11H2,(H,26,30)(H4,24,25,28). The van der Waals surface area contributed by atoms with Gasteiger partial charge < -0.3 is 32.1 Å². The van der Waals surface area contributed by atoms with E-state index in [1.54, 1.807) is 6.07 Å². The van der Waals surface area contributed by atoms with Crippen molar-refractivity contribution in [3.05, 3.63) is 64.4 Å². The molecule has 0 saturated carbocycles. The molecule has 1 aromatic heterocycles. The number of nitrogens with two attached hydrogens (primary N) is 2. The number of amides is 1. The molecule has 170 valence electrons. The molecular formula is C19H20F3N7O3. The summed E-state index contributed by atoms with van der Waals surface area (Å²) in [4.78, 5) is 16.8. The lowest BCUT2D eigenvalue weighted by Crippen LogP contribution is -2.40. The van der Waals surface area contributed by atoms with Crippen LogP contribution in [0.2, 0.25) is 0 Å². The van der Waals surface area contributed by atoms with E-state index in [-0.39, 0.29) is 40.7 Å². The highest BCUT2D eigenvalue weighted by Gasteiger charge is 2.39. The molecular weight excluding hydrogens is 431 g/mol. The quantitative estimate of drug-likeness (QED) is 0.101. The molecule has 1 amide bonds. The van der Waals surface area contributed by atoms with Gasteiger partial charge in [0, 0.05) is 17.7 Å². The highest BCUT2D eigenvalue weighted by molar-refractivity contribution is 5.80. The van der Waals surface area contributed by atoms with E-state index in [2.05, 4.69) is 20.6 Å². The largest absolute Gasteiger partial charge is 0.618 e. The van der Waals surface area contributed by atoms with Crippen molar-refractivity contribution < 1.29 is 27.5 Å². The van der Waals surface area contributed by atoms with E-state index >= 15 is 0 Å². The number of nitriles is 1. The van der Waals surface area contributed by atoms with E-state index in [0.717, 1.165) is 18.3 Å². The van der Waals surface area contributed by atoms with E-state index in [0.29, 0.717) is 0 Å². The Morgan fingerprint density at radius 2 is 2.06 bits per heavy atom. The molecule has 0 aliphatic rings. The highest BCUT2D eigenvalue weighted by Crippen LogP contribution is 2.28. The number of hydrogen-bond donors (Lipinski definition) is 4. The molecule has 0 fully saturated rings. The van der Waals surface area contributed by atoms with Crippen LogP contribution in [0.25, 0.3) is 0 Å². The molecule has 0 atom stereocenters. The van der Waals surface area contributed by atoms with Crippen molar-refractivity contribution in [3.8, 4) is 6.07 Å². The summed E-state index contributed by atoms with van der Waals surface area (Å²) in [5, 5.41) is 28.7. The van der Waals surface area contributed by atoms with Gasteiger partial charge in [0.1, 0.15) is 6.61 Å². The minimum atomic E-state index is -3.61. The van der Waals surface area contributed by atoms with Gasteiger partial charge in [-0.2, -0.15) is 18.8 Å². The molecule has 13 heteroatoms. The van der Waals surface area contributed by atoms with E-state index in [1.807, 2.05) is 0 Å². The first-order valence-corrected chi connectivity index (χ1v) is 9.15. The molecule has 0 saturated heterocycles. The number of carbonyl (C=O) groups is 1. The van der Waals surface area contributed by atoms with Crippen molar-refractivity contribution in [2.24, 2.45) is 16.6 Å². The molecule has 2 aromatic rings. The van der Waals surface area contributed by atoms with Crippen molar-refractivity contribution >= 4 is 17.6 Å². The van der Waals surface area contributed by atoms with E-state index < -0.39 is 36.3 Å². The summed E-state index contributed by atoms with van der Waals surface area (Å²) in [7, 11) is 0. The third-order valence-electron chi connectivity index (χ3n) is 4.09. The van der Waals surface area contributed by atoms with Gasteiger partial charge in [-0.3, -0.25) is 4.79 Å². The fraction of sp³-hybridized carbons (Fsp3) is 0.263. The van der Waals surface area contributed by atoms with Crippen molar-refractivity contribution in [1.82, 2.24) is 5.32 Å². The van der Waals surface area contributed by atoms with Gasteiger partial charge in [-0.25, -0.2) is 4.39 Å². The molecule has 2 rings (SSSR count).